The highest BCUT2D eigenvalue weighted by molar-refractivity contribution is 5.97. The molecule has 0 aliphatic heterocycles. The summed E-state index contributed by atoms with van der Waals surface area (Å²) < 4.78 is 0. The van der Waals surface area contributed by atoms with E-state index in [4.69, 9.17) is 9.97 Å². The van der Waals surface area contributed by atoms with Crippen LogP contribution >= 0.6 is 0 Å². The maximum absolute atomic E-state index is 5.23. The molecule has 0 bridgehead atoms. The third-order valence-electron chi connectivity index (χ3n) is 9.14. The molecule has 0 aliphatic carbocycles. The Morgan fingerprint density at radius 3 is 1.67 bits per heavy atom. The standard InChI is InChI=1S/C45H29N3/c1-2-12-32-25-37(23-22-30(32)10-1)44-27-43(47-45(48-44)41-21-9-14-31-11-3-5-19-39(31)41)36-18-8-16-34(26-36)33-15-7-17-35(24-33)42-29-46-28-38-13-4-6-20-40(38)42/h1-29H. The zero-order valence-corrected chi connectivity index (χ0v) is 26.1. The van der Waals surface area contributed by atoms with Crippen LogP contribution in [0.4, 0.5) is 0 Å². The van der Waals surface area contributed by atoms with Crippen molar-refractivity contribution in [3.8, 4) is 56.2 Å². The number of hydrogen-bond donors (Lipinski definition) is 0. The third-order valence-corrected chi connectivity index (χ3v) is 9.14. The summed E-state index contributed by atoms with van der Waals surface area (Å²) in [7, 11) is 0. The summed E-state index contributed by atoms with van der Waals surface area (Å²) in [5, 5.41) is 7.02. The second-order valence-electron chi connectivity index (χ2n) is 12.1. The first-order chi connectivity index (χ1) is 23.8. The number of aromatic nitrogens is 3. The smallest absolute Gasteiger partial charge is 0.161 e. The molecule has 0 atom stereocenters. The van der Waals surface area contributed by atoms with E-state index in [9.17, 15) is 0 Å². The average Bonchev–Trinajstić information content (AvgIpc) is 3.17. The number of fused-ring (bicyclic) bond motifs is 3. The molecule has 0 N–H and O–H groups in total. The fraction of sp³-hybridized carbons (Fsp3) is 0. The SMILES string of the molecule is c1cc(-c2cccc(-c3cncc4ccccc34)c2)cc(-c2cc(-c3ccc4ccccc4c3)nc(-c3cccc4ccccc34)n2)c1. The van der Waals surface area contributed by atoms with E-state index in [1.54, 1.807) is 0 Å². The molecule has 0 saturated carbocycles. The lowest BCUT2D eigenvalue weighted by Gasteiger charge is -2.13. The van der Waals surface area contributed by atoms with E-state index in [-0.39, 0.29) is 0 Å². The first kappa shape index (κ1) is 27.8. The zero-order chi connectivity index (χ0) is 31.9. The number of nitrogens with zero attached hydrogens (tertiary/aromatic N) is 3. The molecule has 9 rings (SSSR count). The van der Waals surface area contributed by atoms with Crippen molar-refractivity contribution in [1.82, 2.24) is 15.0 Å². The van der Waals surface area contributed by atoms with Crippen molar-refractivity contribution in [2.24, 2.45) is 0 Å². The van der Waals surface area contributed by atoms with Crippen molar-refractivity contribution in [1.29, 1.82) is 0 Å². The molecule has 2 heterocycles. The van der Waals surface area contributed by atoms with Crippen LogP contribution in [-0.2, 0) is 0 Å². The first-order valence-corrected chi connectivity index (χ1v) is 16.2. The number of hydrogen-bond acceptors (Lipinski definition) is 3. The maximum Gasteiger partial charge on any atom is 0.161 e. The summed E-state index contributed by atoms with van der Waals surface area (Å²) in [6.07, 6.45) is 3.88. The second-order valence-corrected chi connectivity index (χ2v) is 12.1. The van der Waals surface area contributed by atoms with Gasteiger partial charge in [0, 0.05) is 40.0 Å². The molecule has 2 aromatic heterocycles. The minimum atomic E-state index is 0.711. The van der Waals surface area contributed by atoms with Crippen LogP contribution < -0.4 is 0 Å². The van der Waals surface area contributed by atoms with Gasteiger partial charge in [-0.25, -0.2) is 9.97 Å². The van der Waals surface area contributed by atoms with Gasteiger partial charge in [0.2, 0.25) is 0 Å². The predicted molar refractivity (Wildman–Crippen MR) is 200 cm³/mol. The van der Waals surface area contributed by atoms with Crippen molar-refractivity contribution in [3.63, 3.8) is 0 Å². The van der Waals surface area contributed by atoms with E-state index >= 15 is 0 Å². The molecule has 0 unspecified atom stereocenters. The Balaban J connectivity index is 1.19. The van der Waals surface area contributed by atoms with Crippen molar-refractivity contribution >= 4 is 32.3 Å². The van der Waals surface area contributed by atoms with Gasteiger partial charge in [-0.1, -0.05) is 140 Å². The molecule has 0 fully saturated rings. The molecule has 0 radical (unpaired) electrons. The molecule has 224 valence electrons. The van der Waals surface area contributed by atoms with Crippen LogP contribution in [0.15, 0.2) is 176 Å². The molecule has 0 aliphatic rings. The fourth-order valence-corrected chi connectivity index (χ4v) is 6.70. The second kappa shape index (κ2) is 11.7. The van der Waals surface area contributed by atoms with E-state index < -0.39 is 0 Å². The number of pyridine rings is 1. The van der Waals surface area contributed by atoms with E-state index in [1.807, 2.05) is 12.4 Å². The highest BCUT2D eigenvalue weighted by atomic mass is 14.9. The lowest BCUT2D eigenvalue weighted by molar-refractivity contribution is 1.19. The van der Waals surface area contributed by atoms with Crippen LogP contribution in [0.1, 0.15) is 0 Å². The molecule has 0 amide bonds. The lowest BCUT2D eigenvalue weighted by Crippen LogP contribution is -1.97. The summed E-state index contributed by atoms with van der Waals surface area (Å²) in [5.74, 6) is 0.711. The van der Waals surface area contributed by atoms with Crippen molar-refractivity contribution in [3.05, 3.63) is 176 Å². The van der Waals surface area contributed by atoms with Gasteiger partial charge in [-0.15, -0.1) is 0 Å². The first-order valence-electron chi connectivity index (χ1n) is 16.2. The van der Waals surface area contributed by atoms with Gasteiger partial charge >= 0.3 is 0 Å². The molecular formula is C45H29N3. The summed E-state index contributed by atoms with van der Waals surface area (Å²) in [6.45, 7) is 0. The summed E-state index contributed by atoms with van der Waals surface area (Å²) in [6, 6.07) is 57.7. The normalized spacial score (nSPS) is 11.3. The van der Waals surface area contributed by atoms with Gasteiger partial charge in [0.1, 0.15) is 0 Å². The van der Waals surface area contributed by atoms with Crippen molar-refractivity contribution in [2.45, 2.75) is 0 Å². The predicted octanol–water partition coefficient (Wildman–Crippen LogP) is 11.7. The van der Waals surface area contributed by atoms with Gasteiger partial charge in [-0.2, -0.15) is 0 Å². The van der Waals surface area contributed by atoms with Gasteiger partial charge < -0.3 is 0 Å². The van der Waals surface area contributed by atoms with E-state index in [0.29, 0.717) is 5.82 Å². The van der Waals surface area contributed by atoms with Crippen LogP contribution in [0.5, 0.6) is 0 Å². The fourth-order valence-electron chi connectivity index (χ4n) is 6.70. The minimum absolute atomic E-state index is 0.711. The Kier molecular flexibility index (Phi) is 6.80. The molecule has 7 aromatic carbocycles. The third kappa shape index (κ3) is 5.08. The van der Waals surface area contributed by atoms with Gasteiger partial charge in [-0.3, -0.25) is 4.98 Å². The highest BCUT2D eigenvalue weighted by Crippen LogP contribution is 2.35. The van der Waals surface area contributed by atoms with Gasteiger partial charge in [-0.05, 0) is 67.9 Å². The van der Waals surface area contributed by atoms with Gasteiger partial charge in [0.05, 0.1) is 11.4 Å². The van der Waals surface area contributed by atoms with Gasteiger partial charge in [0.15, 0.2) is 5.82 Å². The highest BCUT2D eigenvalue weighted by Gasteiger charge is 2.14. The molecular weight excluding hydrogens is 583 g/mol. The van der Waals surface area contributed by atoms with Crippen molar-refractivity contribution < 1.29 is 0 Å². The van der Waals surface area contributed by atoms with Gasteiger partial charge in [0.25, 0.3) is 0 Å². The van der Waals surface area contributed by atoms with Crippen LogP contribution in [0.2, 0.25) is 0 Å². The average molecular weight is 612 g/mol. The lowest BCUT2D eigenvalue weighted by atomic mass is 9.95. The molecule has 3 nitrogen and oxygen atoms in total. The topological polar surface area (TPSA) is 38.7 Å². The van der Waals surface area contributed by atoms with Crippen LogP contribution in [0.3, 0.4) is 0 Å². The van der Waals surface area contributed by atoms with Crippen LogP contribution in [0, 0.1) is 0 Å². The Hall–Kier alpha value is -6.45. The summed E-state index contributed by atoms with van der Waals surface area (Å²) in [4.78, 5) is 14.9. The molecule has 0 saturated heterocycles. The van der Waals surface area contributed by atoms with Crippen LogP contribution in [0.25, 0.3) is 88.5 Å². The van der Waals surface area contributed by atoms with E-state index in [0.717, 1.165) is 61.1 Å². The van der Waals surface area contributed by atoms with Crippen LogP contribution in [-0.4, -0.2) is 15.0 Å². The Morgan fingerprint density at radius 1 is 0.312 bits per heavy atom. The Bertz CT molecular complexity index is 2630. The summed E-state index contributed by atoms with van der Waals surface area (Å²) in [5.41, 5.74) is 9.42. The maximum atomic E-state index is 5.23. The zero-order valence-electron chi connectivity index (χ0n) is 26.1. The molecule has 3 heteroatoms. The number of rotatable bonds is 5. The Morgan fingerprint density at radius 2 is 0.875 bits per heavy atom. The van der Waals surface area contributed by atoms with Crippen molar-refractivity contribution in [2.75, 3.05) is 0 Å². The monoisotopic (exact) mass is 611 g/mol. The van der Waals surface area contributed by atoms with E-state index in [1.165, 1.54) is 21.5 Å². The van der Waals surface area contributed by atoms with E-state index in [2.05, 4.69) is 169 Å². The summed E-state index contributed by atoms with van der Waals surface area (Å²) >= 11 is 0. The quantitative estimate of drug-likeness (QED) is 0.194. The molecule has 9 aromatic rings. The number of benzene rings is 7. The Labute approximate surface area is 278 Å². The minimum Gasteiger partial charge on any atom is -0.263 e. The molecule has 0 spiro atoms. The largest absolute Gasteiger partial charge is 0.263 e. The molecule has 48 heavy (non-hydrogen) atoms.